The summed E-state index contributed by atoms with van der Waals surface area (Å²) < 4.78 is 51.8. The lowest BCUT2D eigenvalue weighted by molar-refractivity contribution is -0.226. The molecule has 5 heteroatoms. The fraction of sp³-hybridized carbons (Fsp3) is 1.00. The second kappa shape index (κ2) is 4.52. The second-order valence-electron chi connectivity index (χ2n) is 5.30. The molecule has 0 spiro atoms. The van der Waals surface area contributed by atoms with Gasteiger partial charge in [0.1, 0.15) is 0 Å². The van der Waals surface area contributed by atoms with E-state index in [2.05, 4.69) is 0 Å². The molecule has 1 atom stereocenters. The van der Waals surface area contributed by atoms with Crippen molar-refractivity contribution in [2.24, 2.45) is 5.92 Å². The van der Waals surface area contributed by atoms with Gasteiger partial charge in [-0.15, -0.1) is 0 Å². The third kappa shape index (κ3) is 5.09. The van der Waals surface area contributed by atoms with Crippen molar-refractivity contribution in [2.45, 2.75) is 32.1 Å². The van der Waals surface area contributed by atoms with Gasteiger partial charge in [-0.05, 0) is 31.1 Å². The quantitative estimate of drug-likeness (QED) is 0.660. The molecule has 0 aromatic carbocycles. The number of rotatable bonds is 4. The molecule has 0 aromatic heterocycles. The van der Waals surface area contributed by atoms with Crippen LogP contribution >= 0.6 is 10.0 Å². The van der Waals surface area contributed by atoms with E-state index in [1.165, 1.54) is 0 Å². The Hall–Kier alpha value is 0.0700. The fourth-order valence-corrected chi connectivity index (χ4v) is 3.24. The number of halogens is 4. The van der Waals surface area contributed by atoms with Crippen molar-refractivity contribution < 1.29 is 17.6 Å². The summed E-state index contributed by atoms with van der Waals surface area (Å²) in [6.07, 6.45) is -0.0908. The van der Waals surface area contributed by atoms with Gasteiger partial charge in [-0.25, -0.2) is 14.4 Å². The molecule has 0 radical (unpaired) electrons. The van der Waals surface area contributed by atoms with Crippen molar-refractivity contribution in [3.05, 3.63) is 0 Å². The van der Waals surface area contributed by atoms with Gasteiger partial charge in [0, 0.05) is 5.75 Å². The Morgan fingerprint density at radius 1 is 1.00 bits per heavy atom. The number of hydrogen-bond donors (Lipinski definition) is 0. The Labute approximate surface area is 90.7 Å². The van der Waals surface area contributed by atoms with Crippen LogP contribution in [0.2, 0.25) is 0 Å². The van der Waals surface area contributed by atoms with Gasteiger partial charge in [-0.1, -0.05) is 13.8 Å². The third-order valence-corrected chi connectivity index (χ3v) is 3.23. The zero-order valence-electron chi connectivity index (χ0n) is 9.91. The van der Waals surface area contributed by atoms with Crippen molar-refractivity contribution in [1.29, 1.82) is 0 Å². The topological polar surface area (TPSA) is 0 Å². The van der Waals surface area contributed by atoms with Crippen LogP contribution in [0.4, 0.5) is 17.6 Å². The highest BCUT2D eigenvalue weighted by molar-refractivity contribution is 8.32. The lowest BCUT2D eigenvalue weighted by Gasteiger charge is -2.37. The standard InChI is InChI=1S/C10H20F4S/c1-8(2)6-9(11,10(12,13)14)7-15(3,4)5/h8H,6-7H2,1-5H3. The van der Waals surface area contributed by atoms with Crippen LogP contribution in [0.3, 0.4) is 0 Å². The second-order valence-corrected chi connectivity index (χ2v) is 9.77. The first-order valence-electron chi connectivity index (χ1n) is 4.79. The van der Waals surface area contributed by atoms with Crippen LogP contribution in [0, 0.1) is 5.92 Å². The summed E-state index contributed by atoms with van der Waals surface area (Å²) in [5.41, 5.74) is -3.02. The normalized spacial score (nSPS) is 19.1. The number of hydrogen-bond acceptors (Lipinski definition) is 0. The largest absolute Gasteiger partial charge is 0.423 e. The highest BCUT2D eigenvalue weighted by Crippen LogP contribution is 2.48. The average Bonchev–Trinajstić information content (AvgIpc) is 1.75. The molecule has 0 fully saturated rings. The molecule has 0 nitrogen and oxygen atoms in total. The van der Waals surface area contributed by atoms with Gasteiger partial charge < -0.3 is 0 Å². The summed E-state index contributed by atoms with van der Waals surface area (Å²) in [5, 5.41) is 0. The summed E-state index contributed by atoms with van der Waals surface area (Å²) in [4.78, 5) is 0. The van der Waals surface area contributed by atoms with Crippen LogP contribution in [0.5, 0.6) is 0 Å². The maximum Gasteiger partial charge on any atom is 0.423 e. The van der Waals surface area contributed by atoms with Crippen LogP contribution in [-0.2, 0) is 0 Å². The molecular formula is C10H20F4S. The first-order valence-corrected chi connectivity index (χ1v) is 7.82. The van der Waals surface area contributed by atoms with Gasteiger partial charge in [-0.2, -0.15) is 13.2 Å². The molecule has 0 aromatic rings. The van der Waals surface area contributed by atoms with Crippen molar-refractivity contribution in [2.75, 3.05) is 24.5 Å². The number of alkyl halides is 4. The Morgan fingerprint density at radius 2 is 1.40 bits per heavy atom. The average molecular weight is 248 g/mol. The molecule has 0 aliphatic carbocycles. The van der Waals surface area contributed by atoms with Gasteiger partial charge >= 0.3 is 6.18 Å². The van der Waals surface area contributed by atoms with E-state index >= 15 is 0 Å². The predicted octanol–water partition coefficient (Wildman–Crippen LogP) is 4.00. The van der Waals surface area contributed by atoms with E-state index < -0.39 is 34.0 Å². The van der Waals surface area contributed by atoms with Crippen molar-refractivity contribution in [3.63, 3.8) is 0 Å². The lowest BCUT2D eigenvalue weighted by Crippen LogP contribution is -2.46. The maximum absolute atomic E-state index is 13.9. The highest BCUT2D eigenvalue weighted by atomic mass is 32.3. The predicted molar refractivity (Wildman–Crippen MR) is 59.6 cm³/mol. The van der Waals surface area contributed by atoms with E-state index in [1.807, 2.05) is 0 Å². The van der Waals surface area contributed by atoms with Crippen molar-refractivity contribution in [1.82, 2.24) is 0 Å². The van der Waals surface area contributed by atoms with Crippen LogP contribution in [-0.4, -0.2) is 36.4 Å². The molecule has 1 unspecified atom stereocenters. The Morgan fingerprint density at radius 3 is 1.60 bits per heavy atom. The van der Waals surface area contributed by atoms with E-state index in [4.69, 9.17) is 0 Å². The maximum atomic E-state index is 13.9. The summed E-state index contributed by atoms with van der Waals surface area (Å²) in [7, 11) is -1.51. The van der Waals surface area contributed by atoms with Crippen LogP contribution < -0.4 is 0 Å². The van der Waals surface area contributed by atoms with Gasteiger partial charge in [0.25, 0.3) is 0 Å². The molecule has 94 valence electrons. The lowest BCUT2D eigenvalue weighted by atomic mass is 9.95. The van der Waals surface area contributed by atoms with Crippen LogP contribution in [0.1, 0.15) is 20.3 Å². The van der Waals surface area contributed by atoms with E-state index in [0.29, 0.717) is 0 Å². The third-order valence-electron chi connectivity index (χ3n) is 1.90. The molecule has 15 heavy (non-hydrogen) atoms. The van der Waals surface area contributed by atoms with Crippen LogP contribution in [0.25, 0.3) is 0 Å². The molecule has 0 amide bonds. The minimum absolute atomic E-state index is 0.293. The van der Waals surface area contributed by atoms with Crippen molar-refractivity contribution >= 4 is 10.0 Å². The zero-order chi connectivity index (χ0) is 12.5. The molecule has 0 heterocycles. The zero-order valence-corrected chi connectivity index (χ0v) is 10.7. The van der Waals surface area contributed by atoms with Gasteiger partial charge in [-0.3, -0.25) is 0 Å². The first kappa shape index (κ1) is 15.1. The molecule has 0 bridgehead atoms. The Balaban J connectivity index is 4.88. The molecule has 0 N–H and O–H groups in total. The van der Waals surface area contributed by atoms with Gasteiger partial charge in [0.2, 0.25) is 5.67 Å². The summed E-state index contributed by atoms with van der Waals surface area (Å²) >= 11 is 0. The van der Waals surface area contributed by atoms with Gasteiger partial charge in [0.05, 0.1) is 0 Å². The SMILES string of the molecule is CC(C)CC(F)(CS(C)(C)C)C(F)(F)F. The van der Waals surface area contributed by atoms with E-state index in [0.717, 1.165) is 0 Å². The molecule has 0 rings (SSSR count). The Kier molecular flexibility index (Phi) is 4.54. The molecular weight excluding hydrogens is 228 g/mol. The first-order chi connectivity index (χ1) is 6.37. The summed E-state index contributed by atoms with van der Waals surface area (Å²) in [5.74, 6) is -0.694. The van der Waals surface area contributed by atoms with E-state index in [1.54, 1.807) is 32.6 Å². The highest BCUT2D eigenvalue weighted by Gasteiger charge is 2.56. The fourth-order valence-electron chi connectivity index (χ4n) is 1.59. The summed E-state index contributed by atoms with van der Waals surface area (Å²) in [6.45, 7) is 3.22. The minimum atomic E-state index is -4.75. The monoisotopic (exact) mass is 248 g/mol. The molecule has 0 saturated carbocycles. The summed E-state index contributed by atoms with van der Waals surface area (Å²) in [6, 6.07) is 0. The molecule has 0 aliphatic heterocycles. The van der Waals surface area contributed by atoms with E-state index in [-0.39, 0.29) is 5.92 Å². The molecule has 0 saturated heterocycles. The molecule has 0 aliphatic rings. The Bertz CT molecular complexity index is 204. The van der Waals surface area contributed by atoms with Crippen molar-refractivity contribution in [3.8, 4) is 0 Å². The van der Waals surface area contributed by atoms with E-state index in [9.17, 15) is 17.6 Å². The smallest absolute Gasteiger partial charge is 0.246 e. The van der Waals surface area contributed by atoms with Gasteiger partial charge in [0.15, 0.2) is 0 Å². The van der Waals surface area contributed by atoms with Crippen LogP contribution in [0.15, 0.2) is 0 Å². The minimum Gasteiger partial charge on any atom is -0.246 e.